The third kappa shape index (κ3) is 4.62. The average Bonchev–Trinajstić information content (AvgIpc) is 3.54. The molecule has 1 fully saturated rings. The number of thiophene rings is 1. The van der Waals surface area contributed by atoms with E-state index in [0.717, 1.165) is 17.5 Å². The first-order valence-electron chi connectivity index (χ1n) is 10.8. The fourth-order valence-electron chi connectivity index (χ4n) is 4.39. The summed E-state index contributed by atoms with van der Waals surface area (Å²) >= 11 is 20.1. The molecule has 2 heterocycles. The van der Waals surface area contributed by atoms with Crippen LogP contribution in [0.3, 0.4) is 0 Å². The maximum atomic E-state index is 13.7. The van der Waals surface area contributed by atoms with Gasteiger partial charge in [-0.3, -0.25) is 4.79 Å². The Morgan fingerprint density at radius 1 is 1.03 bits per heavy atom. The zero-order valence-electron chi connectivity index (χ0n) is 18.0. The number of carbonyl (C=O) groups is 1. The molecule has 0 spiro atoms. The van der Waals surface area contributed by atoms with Gasteiger partial charge in [0, 0.05) is 27.5 Å². The van der Waals surface area contributed by atoms with Gasteiger partial charge in [-0.2, -0.15) is 4.31 Å². The molecule has 1 unspecified atom stereocenters. The Balaban J connectivity index is 1.48. The van der Waals surface area contributed by atoms with Crippen LogP contribution in [0.15, 0.2) is 58.8 Å². The Morgan fingerprint density at radius 3 is 2.44 bits per heavy atom. The monoisotopic (exact) mass is 554 g/mol. The minimum absolute atomic E-state index is 0.0746. The van der Waals surface area contributed by atoms with Crippen LogP contribution in [0.25, 0.3) is 0 Å². The smallest absolute Gasteiger partial charge is 0.245 e. The Morgan fingerprint density at radius 2 is 1.74 bits per heavy atom. The summed E-state index contributed by atoms with van der Waals surface area (Å²) in [6.07, 6.45) is 2.15. The summed E-state index contributed by atoms with van der Waals surface area (Å²) in [4.78, 5) is 16.6. The van der Waals surface area contributed by atoms with E-state index < -0.39 is 10.0 Å². The number of hydrogen-bond donors (Lipinski definition) is 0. The highest BCUT2D eigenvalue weighted by Crippen LogP contribution is 2.40. The average molecular weight is 556 g/mol. The Kier molecular flexibility index (Phi) is 6.70. The van der Waals surface area contributed by atoms with Crippen molar-refractivity contribution in [3.63, 3.8) is 0 Å². The van der Waals surface area contributed by atoms with Crippen LogP contribution in [0.1, 0.15) is 34.9 Å². The Bertz CT molecular complexity index is 1340. The second-order valence-electron chi connectivity index (χ2n) is 8.45. The molecule has 3 aromatic rings. The lowest BCUT2D eigenvalue weighted by Crippen LogP contribution is -2.47. The molecule has 5 rings (SSSR count). The maximum absolute atomic E-state index is 13.7. The van der Waals surface area contributed by atoms with Gasteiger partial charge in [-0.1, -0.05) is 46.9 Å². The number of hydrogen-bond acceptors (Lipinski definition) is 4. The highest BCUT2D eigenvalue weighted by molar-refractivity contribution is 7.89. The van der Waals surface area contributed by atoms with Gasteiger partial charge in [-0.05, 0) is 72.2 Å². The van der Waals surface area contributed by atoms with Crippen LogP contribution < -0.4 is 0 Å². The predicted octanol–water partition coefficient (Wildman–Crippen LogP) is 6.04. The van der Waals surface area contributed by atoms with Crippen LogP contribution in [0, 0.1) is 0 Å². The summed E-state index contributed by atoms with van der Waals surface area (Å²) in [5, 5.41) is 3.01. The number of carbonyl (C=O) groups excluding carboxylic acids is 1. The molecule has 5 nitrogen and oxygen atoms in total. The summed E-state index contributed by atoms with van der Waals surface area (Å²) in [6, 6.07) is 13.3. The summed E-state index contributed by atoms with van der Waals surface area (Å²) in [6.45, 7) is 0.259. The van der Waals surface area contributed by atoms with E-state index in [4.69, 9.17) is 34.8 Å². The van der Waals surface area contributed by atoms with Crippen molar-refractivity contribution < 1.29 is 13.2 Å². The third-order valence-corrected chi connectivity index (χ3v) is 10.1. The van der Waals surface area contributed by atoms with Crippen molar-refractivity contribution in [2.45, 2.75) is 36.2 Å². The number of benzene rings is 2. The maximum Gasteiger partial charge on any atom is 0.245 e. The lowest BCUT2D eigenvalue weighted by molar-refractivity contribution is -0.133. The number of rotatable bonds is 6. The molecule has 10 heteroatoms. The van der Waals surface area contributed by atoms with Crippen molar-refractivity contribution in [2.75, 3.05) is 13.1 Å². The Labute approximate surface area is 217 Å². The van der Waals surface area contributed by atoms with Crippen molar-refractivity contribution in [3.8, 4) is 0 Å². The Hall–Kier alpha value is -1.61. The number of amides is 1. The molecule has 1 amide bonds. The van der Waals surface area contributed by atoms with Gasteiger partial charge >= 0.3 is 0 Å². The van der Waals surface area contributed by atoms with Crippen LogP contribution in [0.5, 0.6) is 0 Å². The molecule has 1 aliphatic heterocycles. The molecule has 0 radical (unpaired) electrons. The molecule has 1 aromatic heterocycles. The standard InChI is InChI=1S/C24H21Cl3N2O3S2/c25-16-3-1-15(2-4-16)24-19-10-12-33-21(19)9-11-28(24)23(30)14-29(18-6-7-18)34(31,32)22-13-17(26)5-8-20(22)27/h1-5,8,10,12-13,18,24H,6-7,9,11,14H2. The molecule has 34 heavy (non-hydrogen) atoms. The van der Waals surface area contributed by atoms with Crippen LogP contribution >= 0.6 is 46.1 Å². The van der Waals surface area contributed by atoms with E-state index >= 15 is 0 Å². The lowest BCUT2D eigenvalue weighted by Gasteiger charge is -2.37. The fraction of sp³-hybridized carbons (Fsp3) is 0.292. The first kappa shape index (κ1) is 24.1. The zero-order valence-corrected chi connectivity index (χ0v) is 21.9. The summed E-state index contributed by atoms with van der Waals surface area (Å²) in [5.74, 6) is -0.245. The first-order chi connectivity index (χ1) is 16.3. The second-order valence-corrected chi connectivity index (χ2v) is 12.6. The summed E-state index contributed by atoms with van der Waals surface area (Å²) in [5.41, 5.74) is 2.02. The predicted molar refractivity (Wildman–Crippen MR) is 136 cm³/mol. The molecular weight excluding hydrogens is 535 g/mol. The highest BCUT2D eigenvalue weighted by atomic mass is 35.5. The van der Waals surface area contributed by atoms with Gasteiger partial charge < -0.3 is 4.90 Å². The van der Waals surface area contributed by atoms with Crippen molar-refractivity contribution in [1.29, 1.82) is 0 Å². The molecular formula is C24H21Cl3N2O3S2. The van der Waals surface area contributed by atoms with Gasteiger partial charge in [0.1, 0.15) is 4.90 Å². The fourth-order valence-corrected chi connectivity index (χ4v) is 7.79. The molecule has 1 saturated carbocycles. The van der Waals surface area contributed by atoms with Crippen LogP contribution in [0.4, 0.5) is 0 Å². The molecule has 0 bridgehead atoms. The van der Waals surface area contributed by atoms with Crippen LogP contribution in [-0.2, 0) is 21.2 Å². The van der Waals surface area contributed by atoms with Gasteiger partial charge in [0.15, 0.2) is 0 Å². The zero-order chi connectivity index (χ0) is 24.0. The van der Waals surface area contributed by atoms with E-state index in [1.165, 1.54) is 21.3 Å². The second kappa shape index (κ2) is 9.45. The van der Waals surface area contributed by atoms with Crippen molar-refractivity contribution in [2.24, 2.45) is 0 Å². The van der Waals surface area contributed by atoms with E-state index in [1.54, 1.807) is 22.3 Å². The van der Waals surface area contributed by atoms with Gasteiger partial charge in [-0.15, -0.1) is 11.3 Å². The SMILES string of the molecule is O=C(CN(C1CC1)S(=O)(=O)c1cc(Cl)ccc1Cl)N1CCc2sccc2C1c1ccc(Cl)cc1. The van der Waals surface area contributed by atoms with Crippen molar-refractivity contribution >= 4 is 62.1 Å². The minimum atomic E-state index is -4.01. The molecule has 2 aliphatic rings. The number of nitrogens with zero attached hydrogens (tertiary/aromatic N) is 2. The quantitative estimate of drug-likeness (QED) is 0.373. The highest BCUT2D eigenvalue weighted by Gasteiger charge is 2.42. The van der Waals surface area contributed by atoms with E-state index in [0.29, 0.717) is 24.4 Å². The number of halogens is 3. The molecule has 1 atom stereocenters. The van der Waals surface area contributed by atoms with E-state index in [1.807, 2.05) is 35.7 Å². The molecule has 0 saturated heterocycles. The summed E-state index contributed by atoms with van der Waals surface area (Å²) in [7, 11) is -4.01. The van der Waals surface area contributed by atoms with Gasteiger partial charge in [0.25, 0.3) is 0 Å². The van der Waals surface area contributed by atoms with E-state index in [9.17, 15) is 13.2 Å². The number of fused-ring (bicyclic) bond motifs is 1. The number of sulfonamides is 1. The molecule has 2 aromatic carbocycles. The van der Waals surface area contributed by atoms with Crippen LogP contribution in [0.2, 0.25) is 15.1 Å². The molecule has 1 aliphatic carbocycles. The normalized spacial score (nSPS) is 18.2. The van der Waals surface area contributed by atoms with Gasteiger partial charge in [0.2, 0.25) is 15.9 Å². The first-order valence-corrected chi connectivity index (χ1v) is 14.3. The summed E-state index contributed by atoms with van der Waals surface area (Å²) < 4.78 is 28.4. The third-order valence-electron chi connectivity index (χ3n) is 6.20. The van der Waals surface area contributed by atoms with Crippen molar-refractivity contribution in [1.82, 2.24) is 9.21 Å². The van der Waals surface area contributed by atoms with Gasteiger partial charge in [-0.25, -0.2) is 8.42 Å². The molecule has 178 valence electrons. The van der Waals surface area contributed by atoms with E-state index in [2.05, 4.69) is 0 Å². The largest absolute Gasteiger partial charge is 0.330 e. The topological polar surface area (TPSA) is 57.7 Å². The lowest BCUT2D eigenvalue weighted by atomic mass is 9.93. The van der Waals surface area contributed by atoms with Gasteiger partial charge in [0.05, 0.1) is 17.6 Å². The minimum Gasteiger partial charge on any atom is -0.330 e. The van der Waals surface area contributed by atoms with Crippen LogP contribution in [-0.4, -0.2) is 42.7 Å². The molecule has 0 N–H and O–H groups in total. The van der Waals surface area contributed by atoms with Crippen molar-refractivity contribution in [3.05, 3.63) is 85.0 Å². The van der Waals surface area contributed by atoms with E-state index in [-0.39, 0.29) is 39.5 Å².